The summed E-state index contributed by atoms with van der Waals surface area (Å²) >= 11 is 0. The van der Waals surface area contributed by atoms with E-state index in [0.717, 1.165) is 28.0 Å². The van der Waals surface area contributed by atoms with Crippen LogP contribution in [0.1, 0.15) is 33.4 Å². The van der Waals surface area contributed by atoms with E-state index in [1.807, 2.05) is 80.6 Å². The molecule has 0 unspecified atom stereocenters. The Morgan fingerprint density at radius 1 is 0.882 bits per heavy atom. The summed E-state index contributed by atoms with van der Waals surface area (Å²) in [6.07, 6.45) is 0.763. The zero-order valence-corrected chi connectivity index (χ0v) is 19.4. The van der Waals surface area contributed by atoms with Crippen LogP contribution in [0.15, 0.2) is 72.8 Å². The van der Waals surface area contributed by atoms with Gasteiger partial charge in [0, 0.05) is 13.1 Å². The number of rotatable bonds is 4. The van der Waals surface area contributed by atoms with Gasteiger partial charge in [0.2, 0.25) is 5.91 Å². The third-order valence-electron chi connectivity index (χ3n) is 7.03. The molecule has 0 aliphatic carbocycles. The molecule has 2 aliphatic rings. The van der Waals surface area contributed by atoms with Gasteiger partial charge in [-0.3, -0.25) is 14.5 Å². The van der Waals surface area contributed by atoms with Gasteiger partial charge in [0.25, 0.3) is 5.91 Å². The van der Waals surface area contributed by atoms with Gasteiger partial charge in [-0.1, -0.05) is 72.8 Å². The fourth-order valence-corrected chi connectivity index (χ4v) is 4.88. The molecule has 6 heteroatoms. The third kappa shape index (κ3) is 3.55. The van der Waals surface area contributed by atoms with Gasteiger partial charge in [-0.2, -0.15) is 0 Å². The van der Waals surface area contributed by atoms with Crippen LogP contribution in [0.2, 0.25) is 0 Å². The maximum atomic E-state index is 13.9. The first-order valence-electron chi connectivity index (χ1n) is 11.5. The third-order valence-corrected chi connectivity index (χ3v) is 7.03. The van der Waals surface area contributed by atoms with Gasteiger partial charge < -0.3 is 10.2 Å². The minimum absolute atomic E-state index is 0.234. The molecule has 0 saturated carbocycles. The molecule has 34 heavy (non-hydrogen) atoms. The van der Waals surface area contributed by atoms with Crippen LogP contribution in [-0.4, -0.2) is 40.7 Å². The number of amides is 4. The predicted octanol–water partition coefficient (Wildman–Crippen LogP) is 3.68. The average Bonchev–Trinajstić information content (AvgIpc) is 3.11. The first-order chi connectivity index (χ1) is 16.4. The summed E-state index contributed by atoms with van der Waals surface area (Å²) in [5.74, 6) is -0.667. The van der Waals surface area contributed by atoms with Crippen molar-refractivity contribution in [3.05, 3.63) is 106 Å². The Balaban J connectivity index is 1.46. The number of imide groups is 1. The highest BCUT2D eigenvalue weighted by Gasteiger charge is 2.54. The fourth-order valence-electron chi connectivity index (χ4n) is 4.88. The summed E-state index contributed by atoms with van der Waals surface area (Å²) in [7, 11) is 0. The monoisotopic (exact) mass is 453 g/mol. The molecule has 6 nitrogen and oxygen atoms in total. The number of hydrogen-bond acceptors (Lipinski definition) is 3. The molecular weight excluding hydrogens is 426 g/mol. The molecule has 3 aromatic carbocycles. The number of nitrogens with one attached hydrogen (secondary N) is 1. The molecule has 1 fully saturated rings. The highest BCUT2D eigenvalue weighted by Crippen LogP contribution is 2.37. The Morgan fingerprint density at radius 3 is 2.32 bits per heavy atom. The lowest BCUT2D eigenvalue weighted by Gasteiger charge is -2.31. The number of nitrogens with zero attached hydrogens (tertiary/aromatic N) is 2. The largest absolute Gasteiger partial charge is 0.336 e. The number of benzene rings is 3. The molecule has 4 amide bonds. The molecule has 0 bridgehead atoms. The quantitative estimate of drug-likeness (QED) is 0.613. The molecule has 0 spiro atoms. The lowest BCUT2D eigenvalue weighted by Crippen LogP contribution is -2.47. The van der Waals surface area contributed by atoms with Gasteiger partial charge in [-0.25, -0.2) is 4.79 Å². The lowest BCUT2D eigenvalue weighted by molar-refractivity contribution is -0.139. The van der Waals surface area contributed by atoms with Gasteiger partial charge in [-0.15, -0.1) is 0 Å². The van der Waals surface area contributed by atoms with Crippen molar-refractivity contribution in [3.8, 4) is 0 Å². The molecule has 1 saturated heterocycles. The van der Waals surface area contributed by atoms with Crippen LogP contribution in [0.25, 0.3) is 0 Å². The fraction of sp³-hybridized carbons (Fsp3) is 0.250. The van der Waals surface area contributed by atoms with Crippen molar-refractivity contribution >= 4 is 17.8 Å². The first kappa shape index (κ1) is 21.9. The van der Waals surface area contributed by atoms with Gasteiger partial charge in [0.15, 0.2) is 5.54 Å². The van der Waals surface area contributed by atoms with Crippen LogP contribution < -0.4 is 5.32 Å². The van der Waals surface area contributed by atoms with Crippen molar-refractivity contribution in [1.29, 1.82) is 0 Å². The van der Waals surface area contributed by atoms with Crippen molar-refractivity contribution in [1.82, 2.24) is 15.1 Å². The highest BCUT2D eigenvalue weighted by molar-refractivity contribution is 6.11. The van der Waals surface area contributed by atoms with E-state index in [4.69, 9.17) is 0 Å². The molecule has 3 aromatic rings. The van der Waals surface area contributed by atoms with Gasteiger partial charge in [0.05, 0.1) is 0 Å². The van der Waals surface area contributed by atoms with Crippen molar-refractivity contribution in [3.63, 3.8) is 0 Å². The topological polar surface area (TPSA) is 69.7 Å². The van der Waals surface area contributed by atoms with Crippen LogP contribution >= 0.6 is 0 Å². The molecule has 2 heterocycles. The molecule has 2 aliphatic heterocycles. The molecule has 0 aromatic heterocycles. The molecule has 0 radical (unpaired) electrons. The highest BCUT2D eigenvalue weighted by atomic mass is 16.2. The predicted molar refractivity (Wildman–Crippen MR) is 129 cm³/mol. The van der Waals surface area contributed by atoms with E-state index in [-0.39, 0.29) is 12.5 Å². The van der Waals surface area contributed by atoms with E-state index < -0.39 is 17.5 Å². The Hall–Kier alpha value is -3.93. The molecule has 5 rings (SSSR count). The summed E-state index contributed by atoms with van der Waals surface area (Å²) in [5.41, 5.74) is 4.44. The van der Waals surface area contributed by atoms with E-state index in [2.05, 4.69) is 11.4 Å². The smallest absolute Gasteiger partial charge is 0.326 e. The normalized spacial score (nSPS) is 19.7. The standard InChI is InChI=1S/C28H27N3O3/c1-19-12-13-24(16-20(19)2)28(23-10-4-3-5-11-23)26(33)31(27(34)29-28)18-25(32)30-15-14-21-8-6-7-9-22(21)17-30/h3-13,16H,14-15,17-18H2,1-2H3,(H,29,34)/t28-/m1/s1. The summed E-state index contributed by atoms with van der Waals surface area (Å²) in [6.45, 7) is 4.76. The Kier molecular flexibility index (Phi) is 5.44. The lowest BCUT2D eigenvalue weighted by atomic mass is 9.81. The maximum absolute atomic E-state index is 13.9. The van der Waals surface area contributed by atoms with Gasteiger partial charge in [-0.05, 0) is 53.6 Å². The van der Waals surface area contributed by atoms with Crippen molar-refractivity contribution < 1.29 is 14.4 Å². The SMILES string of the molecule is Cc1ccc([C@@]2(c3ccccc3)NC(=O)N(CC(=O)N3CCc4ccccc4C3)C2=O)cc1C. The number of aryl methyl sites for hydroxylation is 2. The summed E-state index contributed by atoms with van der Waals surface area (Å²) in [6, 6.07) is 22.5. The molecule has 1 atom stereocenters. The van der Waals surface area contributed by atoms with E-state index in [9.17, 15) is 14.4 Å². The average molecular weight is 454 g/mol. The summed E-state index contributed by atoms with van der Waals surface area (Å²) in [5, 5.41) is 2.94. The van der Waals surface area contributed by atoms with Gasteiger partial charge in [0.1, 0.15) is 6.54 Å². The van der Waals surface area contributed by atoms with Crippen LogP contribution in [0.3, 0.4) is 0 Å². The maximum Gasteiger partial charge on any atom is 0.326 e. The van der Waals surface area contributed by atoms with Crippen LogP contribution in [0.4, 0.5) is 4.79 Å². The van der Waals surface area contributed by atoms with Crippen LogP contribution in [-0.2, 0) is 28.1 Å². The zero-order valence-electron chi connectivity index (χ0n) is 19.4. The summed E-state index contributed by atoms with van der Waals surface area (Å²) < 4.78 is 0. The van der Waals surface area contributed by atoms with Crippen LogP contribution in [0, 0.1) is 13.8 Å². The number of carbonyl (C=O) groups excluding carboxylic acids is 3. The Bertz CT molecular complexity index is 1290. The summed E-state index contributed by atoms with van der Waals surface area (Å²) in [4.78, 5) is 43.0. The van der Waals surface area contributed by atoms with E-state index in [1.54, 1.807) is 4.90 Å². The number of fused-ring (bicyclic) bond motifs is 1. The second kappa shape index (κ2) is 8.45. The number of carbonyl (C=O) groups is 3. The van der Waals surface area contributed by atoms with Crippen molar-refractivity contribution in [2.75, 3.05) is 13.1 Å². The molecular formula is C28H27N3O3. The van der Waals surface area contributed by atoms with E-state index in [0.29, 0.717) is 24.2 Å². The molecule has 172 valence electrons. The van der Waals surface area contributed by atoms with Crippen molar-refractivity contribution in [2.45, 2.75) is 32.4 Å². The van der Waals surface area contributed by atoms with E-state index in [1.165, 1.54) is 5.56 Å². The molecule has 1 N–H and O–H groups in total. The van der Waals surface area contributed by atoms with Crippen molar-refractivity contribution in [2.24, 2.45) is 0 Å². The number of hydrogen-bond donors (Lipinski definition) is 1. The minimum atomic E-state index is -1.37. The second-order valence-electron chi connectivity index (χ2n) is 9.07. The van der Waals surface area contributed by atoms with Gasteiger partial charge >= 0.3 is 6.03 Å². The zero-order chi connectivity index (χ0) is 23.9. The minimum Gasteiger partial charge on any atom is -0.336 e. The number of urea groups is 1. The Morgan fingerprint density at radius 2 is 1.59 bits per heavy atom. The van der Waals surface area contributed by atoms with E-state index >= 15 is 0 Å². The second-order valence-corrected chi connectivity index (χ2v) is 9.07. The Labute approximate surface area is 199 Å². The van der Waals surface area contributed by atoms with Crippen LogP contribution in [0.5, 0.6) is 0 Å². The first-order valence-corrected chi connectivity index (χ1v) is 11.5.